The van der Waals surface area contributed by atoms with Crippen LogP contribution in [0.3, 0.4) is 0 Å². The van der Waals surface area contributed by atoms with Crippen LogP contribution in [0.4, 0.5) is 0 Å². The lowest BCUT2D eigenvalue weighted by atomic mass is 10.2. The Bertz CT molecular complexity index is 212. The molecule has 1 aliphatic rings. The lowest BCUT2D eigenvalue weighted by Crippen LogP contribution is -2.46. The molecule has 0 aliphatic carbocycles. The van der Waals surface area contributed by atoms with Crippen molar-refractivity contribution in [2.45, 2.75) is 45.7 Å². The fraction of sp³-hybridized carbons (Fsp3) is 0.917. The van der Waals surface area contributed by atoms with Crippen molar-refractivity contribution in [2.75, 3.05) is 19.6 Å². The number of carbonyl (C=O) groups is 1. The van der Waals surface area contributed by atoms with Gasteiger partial charge in [-0.2, -0.15) is 0 Å². The van der Waals surface area contributed by atoms with E-state index in [1.807, 2.05) is 6.92 Å². The first-order chi connectivity index (χ1) is 7.59. The largest absolute Gasteiger partial charge is 0.354 e. The molecular formula is C12H25N3O. The van der Waals surface area contributed by atoms with Crippen molar-refractivity contribution in [3.63, 3.8) is 0 Å². The zero-order chi connectivity index (χ0) is 12.0. The molecule has 94 valence electrons. The van der Waals surface area contributed by atoms with Gasteiger partial charge in [-0.05, 0) is 32.2 Å². The van der Waals surface area contributed by atoms with Crippen molar-refractivity contribution < 1.29 is 4.79 Å². The molecule has 1 heterocycles. The molecule has 16 heavy (non-hydrogen) atoms. The van der Waals surface area contributed by atoms with Crippen molar-refractivity contribution in [1.82, 2.24) is 16.0 Å². The quantitative estimate of drug-likeness (QED) is 0.619. The highest BCUT2D eigenvalue weighted by atomic mass is 16.2. The molecular weight excluding hydrogens is 202 g/mol. The Morgan fingerprint density at radius 2 is 2.19 bits per heavy atom. The SMILES string of the molecule is CC(C)CNC(=O)C(C)NCC1CCCN1. The van der Waals surface area contributed by atoms with Gasteiger partial charge in [0.15, 0.2) is 0 Å². The topological polar surface area (TPSA) is 53.2 Å². The second-order valence-electron chi connectivity index (χ2n) is 5.06. The Balaban J connectivity index is 2.12. The Hall–Kier alpha value is -0.610. The second-order valence-corrected chi connectivity index (χ2v) is 5.06. The van der Waals surface area contributed by atoms with Crippen LogP contribution in [0.5, 0.6) is 0 Å². The predicted molar refractivity (Wildman–Crippen MR) is 66.3 cm³/mol. The summed E-state index contributed by atoms with van der Waals surface area (Å²) in [5.74, 6) is 0.611. The molecule has 3 N–H and O–H groups in total. The lowest BCUT2D eigenvalue weighted by molar-refractivity contribution is -0.122. The van der Waals surface area contributed by atoms with E-state index in [9.17, 15) is 4.79 Å². The van der Waals surface area contributed by atoms with Gasteiger partial charge in [-0.1, -0.05) is 13.8 Å². The third-order valence-corrected chi connectivity index (χ3v) is 2.91. The minimum atomic E-state index is -0.0962. The van der Waals surface area contributed by atoms with Gasteiger partial charge in [-0.15, -0.1) is 0 Å². The highest BCUT2D eigenvalue weighted by Crippen LogP contribution is 2.03. The fourth-order valence-electron chi connectivity index (χ4n) is 1.80. The fourth-order valence-corrected chi connectivity index (χ4v) is 1.80. The smallest absolute Gasteiger partial charge is 0.236 e. The van der Waals surface area contributed by atoms with Crippen LogP contribution in [0.15, 0.2) is 0 Å². The average Bonchev–Trinajstić information content (AvgIpc) is 2.75. The second kappa shape index (κ2) is 6.86. The Morgan fingerprint density at radius 3 is 2.75 bits per heavy atom. The molecule has 1 fully saturated rings. The monoisotopic (exact) mass is 227 g/mol. The molecule has 1 aliphatic heterocycles. The van der Waals surface area contributed by atoms with E-state index in [4.69, 9.17) is 0 Å². The first-order valence-corrected chi connectivity index (χ1v) is 6.34. The summed E-state index contributed by atoms with van der Waals surface area (Å²) in [4.78, 5) is 11.7. The summed E-state index contributed by atoms with van der Waals surface area (Å²) in [7, 11) is 0. The maximum Gasteiger partial charge on any atom is 0.236 e. The molecule has 0 saturated carbocycles. The van der Waals surface area contributed by atoms with Crippen LogP contribution in [0.2, 0.25) is 0 Å². The highest BCUT2D eigenvalue weighted by Gasteiger charge is 2.17. The van der Waals surface area contributed by atoms with E-state index >= 15 is 0 Å². The number of hydrogen-bond acceptors (Lipinski definition) is 3. The minimum absolute atomic E-state index is 0.0962. The van der Waals surface area contributed by atoms with Gasteiger partial charge < -0.3 is 16.0 Å². The third kappa shape index (κ3) is 4.94. The van der Waals surface area contributed by atoms with Gasteiger partial charge in [0.25, 0.3) is 0 Å². The molecule has 0 spiro atoms. The van der Waals surface area contributed by atoms with E-state index in [-0.39, 0.29) is 11.9 Å². The van der Waals surface area contributed by atoms with E-state index in [0.29, 0.717) is 12.0 Å². The molecule has 1 rings (SSSR count). The Kier molecular flexibility index (Phi) is 5.77. The van der Waals surface area contributed by atoms with E-state index < -0.39 is 0 Å². The van der Waals surface area contributed by atoms with Crippen LogP contribution < -0.4 is 16.0 Å². The maximum absolute atomic E-state index is 11.7. The maximum atomic E-state index is 11.7. The number of nitrogens with one attached hydrogen (secondary N) is 3. The summed E-state index contributed by atoms with van der Waals surface area (Å²) < 4.78 is 0. The first kappa shape index (κ1) is 13.5. The molecule has 2 unspecified atom stereocenters. The van der Waals surface area contributed by atoms with Crippen LogP contribution >= 0.6 is 0 Å². The predicted octanol–water partition coefficient (Wildman–Crippen LogP) is 0.489. The van der Waals surface area contributed by atoms with Crippen LogP contribution in [0.25, 0.3) is 0 Å². The number of carbonyl (C=O) groups excluding carboxylic acids is 1. The first-order valence-electron chi connectivity index (χ1n) is 6.34. The zero-order valence-corrected chi connectivity index (χ0v) is 10.7. The zero-order valence-electron chi connectivity index (χ0n) is 10.7. The van der Waals surface area contributed by atoms with Gasteiger partial charge in [0.05, 0.1) is 6.04 Å². The van der Waals surface area contributed by atoms with Gasteiger partial charge in [0, 0.05) is 19.1 Å². The van der Waals surface area contributed by atoms with E-state index in [1.54, 1.807) is 0 Å². The molecule has 0 bridgehead atoms. The van der Waals surface area contributed by atoms with Crippen molar-refractivity contribution >= 4 is 5.91 Å². The Labute approximate surface area is 98.6 Å². The van der Waals surface area contributed by atoms with E-state index in [0.717, 1.165) is 19.6 Å². The lowest BCUT2D eigenvalue weighted by Gasteiger charge is -2.17. The molecule has 4 heteroatoms. The summed E-state index contributed by atoms with van der Waals surface area (Å²) in [6.45, 7) is 8.87. The van der Waals surface area contributed by atoms with Crippen LogP contribution in [-0.2, 0) is 4.79 Å². The minimum Gasteiger partial charge on any atom is -0.354 e. The van der Waals surface area contributed by atoms with Crippen LogP contribution in [0, 0.1) is 5.92 Å². The molecule has 0 aromatic rings. The summed E-state index contributed by atoms with van der Waals surface area (Å²) in [5, 5.41) is 9.62. The molecule has 2 atom stereocenters. The van der Waals surface area contributed by atoms with Crippen LogP contribution in [0.1, 0.15) is 33.6 Å². The number of hydrogen-bond donors (Lipinski definition) is 3. The molecule has 4 nitrogen and oxygen atoms in total. The molecule has 0 radical (unpaired) electrons. The molecule has 0 aromatic heterocycles. The summed E-state index contributed by atoms with van der Waals surface area (Å²) in [6, 6.07) is 0.446. The van der Waals surface area contributed by atoms with Gasteiger partial charge >= 0.3 is 0 Å². The van der Waals surface area contributed by atoms with Crippen molar-refractivity contribution in [2.24, 2.45) is 5.92 Å². The summed E-state index contributed by atoms with van der Waals surface area (Å²) >= 11 is 0. The van der Waals surface area contributed by atoms with Gasteiger partial charge in [-0.3, -0.25) is 4.79 Å². The molecule has 1 saturated heterocycles. The number of rotatable bonds is 6. The summed E-state index contributed by atoms with van der Waals surface area (Å²) in [5.41, 5.74) is 0. The average molecular weight is 227 g/mol. The Morgan fingerprint density at radius 1 is 1.44 bits per heavy atom. The van der Waals surface area contributed by atoms with Gasteiger partial charge in [0.1, 0.15) is 0 Å². The summed E-state index contributed by atoms with van der Waals surface area (Å²) in [6.07, 6.45) is 2.47. The van der Waals surface area contributed by atoms with Gasteiger partial charge in [-0.25, -0.2) is 0 Å². The van der Waals surface area contributed by atoms with E-state index in [2.05, 4.69) is 29.8 Å². The highest BCUT2D eigenvalue weighted by molar-refractivity contribution is 5.81. The number of amides is 1. The normalized spacial score (nSPS) is 22.4. The molecule has 1 amide bonds. The van der Waals surface area contributed by atoms with Crippen molar-refractivity contribution in [1.29, 1.82) is 0 Å². The van der Waals surface area contributed by atoms with Crippen LogP contribution in [-0.4, -0.2) is 37.6 Å². The van der Waals surface area contributed by atoms with E-state index in [1.165, 1.54) is 12.8 Å². The van der Waals surface area contributed by atoms with Crippen molar-refractivity contribution in [3.05, 3.63) is 0 Å². The third-order valence-electron chi connectivity index (χ3n) is 2.91. The van der Waals surface area contributed by atoms with Gasteiger partial charge in [0.2, 0.25) is 5.91 Å². The standard InChI is InChI=1S/C12H25N3O/c1-9(2)7-15-12(16)10(3)14-8-11-5-4-6-13-11/h9-11,13-14H,4-8H2,1-3H3,(H,15,16). The molecule has 0 aromatic carbocycles. The van der Waals surface area contributed by atoms with Crippen molar-refractivity contribution in [3.8, 4) is 0 Å².